The van der Waals surface area contributed by atoms with E-state index in [9.17, 15) is 19.5 Å². The molecule has 0 aromatic heterocycles. The lowest BCUT2D eigenvalue weighted by molar-refractivity contribution is -0.870. The van der Waals surface area contributed by atoms with E-state index in [-0.39, 0.29) is 32.2 Å². The lowest BCUT2D eigenvalue weighted by atomic mass is 10.0. The van der Waals surface area contributed by atoms with Gasteiger partial charge in [0.15, 0.2) is 12.4 Å². The number of quaternary nitrogens is 1. The second-order valence-electron chi connectivity index (χ2n) is 27.6. The Morgan fingerprint density at radius 3 is 0.934 bits per heavy atom. The molecule has 0 spiro atoms. The fraction of sp³-hybridized carbons (Fsp3) is 0.817. The molecule has 0 heterocycles. The maximum absolute atomic E-state index is 12.9. The summed E-state index contributed by atoms with van der Waals surface area (Å²) in [5.41, 5.74) is 0. The Labute approximate surface area is 564 Å². The van der Waals surface area contributed by atoms with E-state index in [0.717, 1.165) is 83.5 Å². The average Bonchev–Trinajstić information content (AvgIpc) is 3.46. The van der Waals surface area contributed by atoms with Gasteiger partial charge in [0, 0.05) is 12.8 Å². The molecule has 0 aromatic carbocycles. The van der Waals surface area contributed by atoms with Crippen LogP contribution in [0.15, 0.2) is 72.9 Å². The van der Waals surface area contributed by atoms with Crippen molar-refractivity contribution in [3.8, 4) is 0 Å². The molecule has 0 radical (unpaired) electrons. The highest BCUT2D eigenvalue weighted by atomic mass is 16.7. The largest absolute Gasteiger partial charge is 0.545 e. The summed E-state index contributed by atoms with van der Waals surface area (Å²) in [5.74, 6) is -2.28. The smallest absolute Gasteiger partial charge is 0.306 e. The number of likely N-dealkylation sites (N-methyl/N-ethyl adjacent to an activating group) is 1. The number of carbonyl (C=O) groups excluding carboxylic acids is 3. The minimum absolute atomic E-state index is 0.145. The molecule has 0 aliphatic heterocycles. The van der Waals surface area contributed by atoms with Gasteiger partial charge in [0.25, 0.3) is 0 Å². The van der Waals surface area contributed by atoms with Gasteiger partial charge in [-0.1, -0.05) is 369 Å². The molecule has 0 aliphatic rings. The first-order chi connectivity index (χ1) is 44.6. The molecule has 0 fully saturated rings. The van der Waals surface area contributed by atoms with Crippen LogP contribution in [0.2, 0.25) is 0 Å². The number of carboxylic acids is 1. The molecule has 91 heavy (non-hydrogen) atoms. The second kappa shape index (κ2) is 72.6. The van der Waals surface area contributed by atoms with Gasteiger partial charge < -0.3 is 33.3 Å². The Hall–Kier alpha value is -3.27. The molecule has 9 nitrogen and oxygen atoms in total. The van der Waals surface area contributed by atoms with E-state index in [1.807, 2.05) is 21.1 Å². The third-order valence-electron chi connectivity index (χ3n) is 17.5. The lowest BCUT2D eigenvalue weighted by Gasteiger charge is -2.26. The zero-order valence-electron chi connectivity index (χ0n) is 60.7. The predicted octanol–water partition coefficient (Wildman–Crippen LogP) is 23.5. The zero-order valence-corrected chi connectivity index (χ0v) is 60.7. The maximum atomic E-state index is 12.9. The van der Waals surface area contributed by atoms with Crippen molar-refractivity contribution in [1.29, 1.82) is 0 Å². The first kappa shape index (κ1) is 87.7. The predicted molar refractivity (Wildman–Crippen MR) is 389 cm³/mol. The summed E-state index contributed by atoms with van der Waals surface area (Å²) in [7, 11) is 5.94. The minimum Gasteiger partial charge on any atom is -0.545 e. The third kappa shape index (κ3) is 74.0. The van der Waals surface area contributed by atoms with Crippen LogP contribution in [0.3, 0.4) is 0 Å². The Morgan fingerprint density at radius 2 is 0.626 bits per heavy atom. The zero-order chi connectivity index (χ0) is 66.1. The summed E-state index contributed by atoms with van der Waals surface area (Å²) in [5, 5.41) is 11.8. The van der Waals surface area contributed by atoms with E-state index in [1.54, 1.807) is 0 Å². The van der Waals surface area contributed by atoms with Crippen LogP contribution in [-0.4, -0.2) is 82.3 Å². The van der Waals surface area contributed by atoms with Crippen LogP contribution in [0.1, 0.15) is 373 Å². The number of hydrogen-bond acceptors (Lipinski definition) is 8. The monoisotopic (exact) mass is 1280 g/mol. The number of carbonyl (C=O) groups is 3. The van der Waals surface area contributed by atoms with E-state index in [4.69, 9.17) is 18.9 Å². The van der Waals surface area contributed by atoms with E-state index < -0.39 is 24.3 Å². The molecular formula is C82H149NO8. The van der Waals surface area contributed by atoms with Crippen molar-refractivity contribution in [3.63, 3.8) is 0 Å². The van der Waals surface area contributed by atoms with Gasteiger partial charge in [-0.05, 0) is 64.2 Å². The number of unbranched alkanes of at least 4 members (excludes halogenated alkanes) is 46. The van der Waals surface area contributed by atoms with Gasteiger partial charge in [0.05, 0.1) is 40.3 Å². The van der Waals surface area contributed by atoms with Gasteiger partial charge in [-0.2, -0.15) is 0 Å². The van der Waals surface area contributed by atoms with Crippen molar-refractivity contribution in [2.45, 2.75) is 386 Å². The van der Waals surface area contributed by atoms with Crippen LogP contribution >= 0.6 is 0 Å². The number of esters is 2. The number of nitrogens with zero attached hydrogens (tertiary/aromatic N) is 1. The van der Waals surface area contributed by atoms with Crippen LogP contribution in [0.4, 0.5) is 0 Å². The molecule has 9 heteroatoms. The van der Waals surface area contributed by atoms with Crippen molar-refractivity contribution >= 4 is 17.9 Å². The third-order valence-corrected chi connectivity index (χ3v) is 17.5. The van der Waals surface area contributed by atoms with Crippen LogP contribution in [0.25, 0.3) is 0 Å². The number of aliphatic carboxylic acids is 1. The van der Waals surface area contributed by atoms with Gasteiger partial charge in [-0.15, -0.1) is 0 Å². The van der Waals surface area contributed by atoms with Crippen LogP contribution in [0.5, 0.6) is 0 Å². The van der Waals surface area contributed by atoms with E-state index in [0.29, 0.717) is 23.9 Å². The van der Waals surface area contributed by atoms with Gasteiger partial charge in [-0.25, -0.2) is 0 Å². The van der Waals surface area contributed by atoms with Gasteiger partial charge in [-0.3, -0.25) is 9.59 Å². The molecule has 0 aliphatic carbocycles. The van der Waals surface area contributed by atoms with Gasteiger partial charge >= 0.3 is 11.9 Å². The number of ether oxygens (including phenoxy) is 4. The van der Waals surface area contributed by atoms with Crippen LogP contribution in [0, 0.1) is 0 Å². The molecule has 0 saturated carbocycles. The summed E-state index contributed by atoms with van der Waals surface area (Å²) in [6.45, 7) is 4.68. The number of rotatable bonds is 73. The van der Waals surface area contributed by atoms with E-state index in [1.165, 1.54) is 257 Å². The minimum atomic E-state index is -1.63. The lowest BCUT2D eigenvalue weighted by Crippen LogP contribution is -2.44. The van der Waals surface area contributed by atoms with E-state index in [2.05, 4.69) is 86.8 Å². The molecule has 0 aromatic rings. The highest BCUT2D eigenvalue weighted by molar-refractivity contribution is 5.70. The van der Waals surface area contributed by atoms with Crippen molar-refractivity contribution in [3.05, 3.63) is 72.9 Å². The van der Waals surface area contributed by atoms with Gasteiger partial charge in [0.1, 0.15) is 13.2 Å². The molecule has 530 valence electrons. The molecule has 0 N–H and O–H groups in total. The summed E-state index contributed by atoms with van der Waals surface area (Å²) < 4.78 is 22.8. The molecule has 0 bridgehead atoms. The van der Waals surface area contributed by atoms with Gasteiger partial charge in [0.2, 0.25) is 0 Å². The highest BCUT2D eigenvalue weighted by Crippen LogP contribution is 2.19. The molecule has 0 saturated heterocycles. The molecule has 0 rings (SSSR count). The Morgan fingerprint density at radius 1 is 0.341 bits per heavy atom. The molecular weight excluding hydrogens is 1130 g/mol. The van der Waals surface area contributed by atoms with Crippen LogP contribution in [-0.2, 0) is 33.3 Å². The molecule has 2 unspecified atom stereocenters. The first-order valence-corrected chi connectivity index (χ1v) is 39.1. The quantitative estimate of drug-likeness (QED) is 0.0195. The summed E-state index contributed by atoms with van der Waals surface area (Å²) in [6, 6.07) is 0. The van der Waals surface area contributed by atoms with Crippen molar-refractivity contribution < 1.29 is 42.9 Å². The number of hydrogen-bond donors (Lipinski definition) is 0. The Bertz CT molecular complexity index is 1730. The fourth-order valence-corrected chi connectivity index (χ4v) is 11.5. The van der Waals surface area contributed by atoms with Crippen molar-refractivity contribution in [1.82, 2.24) is 0 Å². The Balaban J connectivity index is 3.99. The molecule has 2 atom stereocenters. The normalized spacial score (nSPS) is 13.0. The maximum Gasteiger partial charge on any atom is 0.306 e. The topological polar surface area (TPSA) is 111 Å². The van der Waals surface area contributed by atoms with E-state index >= 15 is 0 Å². The second-order valence-corrected chi connectivity index (χ2v) is 27.6. The number of carboxylic acid groups (broad SMARTS) is 1. The summed E-state index contributed by atoms with van der Waals surface area (Å²) >= 11 is 0. The van der Waals surface area contributed by atoms with Crippen molar-refractivity contribution in [2.75, 3.05) is 47.5 Å². The number of allylic oxidation sites excluding steroid dienone is 12. The summed E-state index contributed by atoms with van der Waals surface area (Å²) in [6.07, 6.45) is 94.6. The highest BCUT2D eigenvalue weighted by Gasteiger charge is 2.22. The Kier molecular flexibility index (Phi) is 69.9. The average molecular weight is 1280 g/mol. The van der Waals surface area contributed by atoms with Crippen molar-refractivity contribution in [2.24, 2.45) is 0 Å². The summed E-state index contributed by atoms with van der Waals surface area (Å²) in [4.78, 5) is 37.6. The molecule has 0 amide bonds. The fourth-order valence-electron chi connectivity index (χ4n) is 11.5. The SMILES string of the molecule is CC/C=C\C/C=C\C/C=C\C/C=C\C/C=C\C/C=C\CCCCCCCCCCC(=O)OC(COC(=O)CCCCCCCCCCCCCCCCCCCCCCCCCCCCCCCCCCCCCCCCC)COC(OCC[N+](C)(C)C)C(=O)[O-]. The standard InChI is InChI=1S/C82H149NO8/c1-6-8-10-12-14-16-18-20-22-24-26-28-30-32-34-35-36-37-38-39-40-41-42-43-44-45-47-48-50-52-54-56-58-60-62-64-66-68-70-72-79(84)89-76-78(77-90-82(81(86)87)88-75-74-83(3,4)5)91-80(85)73-71-69-67-65-63-61-59-57-55-53-51-49-46-33-31-29-27-25-23-21-19-17-15-13-11-9-7-2/h9,11,15,17,21,23,27,29,33,46,51,53,78,82H,6-8,10,12-14,16,18-20,22,24-26,28,30-32,34-45,47-50,52,54-77H2,1-5H3/b11-9-,17-15-,23-21-,29-27-,46-33-,53-51-. The first-order valence-electron chi connectivity index (χ1n) is 39.1. The van der Waals surface area contributed by atoms with Crippen LogP contribution < -0.4 is 5.11 Å².